The number of carbonyl (C=O) groups excluding carboxylic acids is 1. The Kier molecular flexibility index (Phi) is 9.34. The molecule has 2 rings (SSSR count). The molecule has 0 aromatic carbocycles. The van der Waals surface area contributed by atoms with E-state index in [1.54, 1.807) is 7.05 Å². The van der Waals surface area contributed by atoms with E-state index in [2.05, 4.69) is 25.6 Å². The van der Waals surface area contributed by atoms with Crippen molar-refractivity contribution < 1.29 is 9.53 Å². The number of likely N-dealkylation sites (tertiary alicyclic amines) is 1. The summed E-state index contributed by atoms with van der Waals surface area (Å²) in [6, 6.07) is 0.0791. The maximum atomic E-state index is 11.9. The molecule has 0 saturated carbocycles. The van der Waals surface area contributed by atoms with E-state index in [1.165, 1.54) is 5.56 Å². The zero-order valence-electron chi connectivity index (χ0n) is 17.0. The number of nitrogens with zero attached hydrogens (tertiary/aromatic N) is 4. The number of aromatic nitrogens is 2. The van der Waals surface area contributed by atoms with Gasteiger partial charge in [0.05, 0.1) is 12.2 Å². The van der Waals surface area contributed by atoms with Gasteiger partial charge in [-0.3, -0.25) is 9.67 Å². The average molecular weight is 492 g/mol. The minimum absolute atomic E-state index is 0. The van der Waals surface area contributed by atoms with Crippen LogP contribution in [0.5, 0.6) is 0 Å². The molecule has 1 aromatic heterocycles. The summed E-state index contributed by atoms with van der Waals surface area (Å²) in [4.78, 5) is 18.4. The Hall–Kier alpha value is -1.52. The summed E-state index contributed by atoms with van der Waals surface area (Å²) >= 11 is 0. The number of aryl methyl sites for hydroxylation is 2. The average Bonchev–Trinajstić information content (AvgIpc) is 3.15. The van der Waals surface area contributed by atoms with Gasteiger partial charge in [0.15, 0.2) is 5.96 Å². The van der Waals surface area contributed by atoms with Crippen LogP contribution in [0.4, 0.5) is 4.79 Å². The Bertz CT molecular complexity index is 626. The minimum Gasteiger partial charge on any atom is -0.444 e. The molecule has 27 heavy (non-hydrogen) atoms. The molecule has 1 aliphatic heterocycles. The molecular formula is C18H33IN6O2. The van der Waals surface area contributed by atoms with Gasteiger partial charge >= 0.3 is 6.09 Å². The predicted octanol–water partition coefficient (Wildman–Crippen LogP) is 2.37. The molecule has 1 aromatic rings. The summed E-state index contributed by atoms with van der Waals surface area (Å²) in [5, 5.41) is 10.6. The number of rotatable bonds is 5. The summed E-state index contributed by atoms with van der Waals surface area (Å²) in [6.07, 6.45) is 5.40. The molecule has 1 atom stereocenters. The normalized spacial score (nSPS) is 17.4. The van der Waals surface area contributed by atoms with Crippen molar-refractivity contribution in [3.8, 4) is 0 Å². The van der Waals surface area contributed by atoms with Crippen molar-refractivity contribution in [1.29, 1.82) is 0 Å². The molecule has 0 aliphatic carbocycles. The first-order chi connectivity index (χ1) is 12.3. The third-order valence-corrected chi connectivity index (χ3v) is 4.03. The Morgan fingerprint density at radius 1 is 1.44 bits per heavy atom. The maximum Gasteiger partial charge on any atom is 0.407 e. The van der Waals surface area contributed by atoms with Crippen LogP contribution in [0.25, 0.3) is 0 Å². The molecule has 1 saturated heterocycles. The second-order valence-electron chi connectivity index (χ2n) is 7.69. The third kappa shape index (κ3) is 8.35. The van der Waals surface area contributed by atoms with Crippen molar-refractivity contribution in [3.05, 3.63) is 18.0 Å². The fraction of sp³-hybridized carbons (Fsp3) is 0.722. The van der Waals surface area contributed by atoms with E-state index in [4.69, 9.17) is 4.74 Å². The molecule has 2 heterocycles. The standard InChI is InChI=1S/C18H32N6O2.HI/c1-14-11-21-24(12-14)9-6-8-20-16(19-5)23-10-7-15(13-23)22-17(25)26-18(2,3)4;/h11-12,15H,6-10,13H2,1-5H3,(H,19,20)(H,22,25);1H. The summed E-state index contributed by atoms with van der Waals surface area (Å²) in [7, 11) is 1.79. The number of hydrogen-bond acceptors (Lipinski definition) is 4. The van der Waals surface area contributed by atoms with Gasteiger partial charge < -0.3 is 20.3 Å². The van der Waals surface area contributed by atoms with E-state index < -0.39 is 5.60 Å². The van der Waals surface area contributed by atoms with Crippen LogP contribution >= 0.6 is 24.0 Å². The molecule has 0 spiro atoms. The van der Waals surface area contributed by atoms with Crippen molar-refractivity contribution in [2.24, 2.45) is 4.99 Å². The molecule has 154 valence electrons. The number of halogens is 1. The number of ether oxygens (including phenoxy) is 1. The van der Waals surface area contributed by atoms with Crippen molar-refractivity contribution in [2.45, 2.75) is 58.7 Å². The number of hydrogen-bond donors (Lipinski definition) is 2. The number of nitrogens with one attached hydrogen (secondary N) is 2. The zero-order chi connectivity index (χ0) is 19.2. The molecule has 1 unspecified atom stereocenters. The minimum atomic E-state index is -0.479. The van der Waals surface area contributed by atoms with Gasteiger partial charge in [0, 0.05) is 39.4 Å². The molecule has 1 aliphatic rings. The lowest BCUT2D eigenvalue weighted by Gasteiger charge is -2.23. The highest BCUT2D eigenvalue weighted by Crippen LogP contribution is 2.12. The lowest BCUT2D eigenvalue weighted by atomic mass is 10.2. The van der Waals surface area contributed by atoms with Gasteiger partial charge in [-0.2, -0.15) is 5.10 Å². The Balaban J connectivity index is 0.00000364. The van der Waals surface area contributed by atoms with Crippen LogP contribution in [0, 0.1) is 6.92 Å². The number of alkyl carbamates (subject to hydrolysis) is 1. The fourth-order valence-electron chi connectivity index (χ4n) is 2.91. The maximum absolute atomic E-state index is 11.9. The highest BCUT2D eigenvalue weighted by atomic mass is 127. The highest BCUT2D eigenvalue weighted by Gasteiger charge is 2.27. The summed E-state index contributed by atoms with van der Waals surface area (Å²) in [5.74, 6) is 0.870. The largest absolute Gasteiger partial charge is 0.444 e. The number of amides is 1. The van der Waals surface area contributed by atoms with E-state index >= 15 is 0 Å². The molecule has 1 amide bonds. The monoisotopic (exact) mass is 492 g/mol. The van der Waals surface area contributed by atoms with Gasteiger partial charge in [0.25, 0.3) is 0 Å². The second kappa shape index (κ2) is 10.7. The quantitative estimate of drug-likeness (QED) is 0.286. The first-order valence-electron chi connectivity index (χ1n) is 9.21. The summed E-state index contributed by atoms with van der Waals surface area (Å²) < 4.78 is 7.28. The molecule has 9 heteroatoms. The second-order valence-corrected chi connectivity index (χ2v) is 7.69. The van der Waals surface area contributed by atoms with Crippen molar-refractivity contribution in [2.75, 3.05) is 26.7 Å². The number of carbonyl (C=O) groups is 1. The van der Waals surface area contributed by atoms with Gasteiger partial charge in [0.2, 0.25) is 0 Å². The zero-order valence-corrected chi connectivity index (χ0v) is 19.3. The fourth-order valence-corrected chi connectivity index (χ4v) is 2.91. The van der Waals surface area contributed by atoms with Crippen LogP contribution < -0.4 is 10.6 Å². The lowest BCUT2D eigenvalue weighted by molar-refractivity contribution is 0.0507. The topological polar surface area (TPSA) is 83.8 Å². The van der Waals surface area contributed by atoms with Gasteiger partial charge in [-0.05, 0) is 46.1 Å². The van der Waals surface area contributed by atoms with E-state index in [0.717, 1.165) is 45.0 Å². The van der Waals surface area contributed by atoms with E-state index in [1.807, 2.05) is 44.8 Å². The molecule has 0 radical (unpaired) electrons. The predicted molar refractivity (Wildman–Crippen MR) is 118 cm³/mol. The summed E-state index contributed by atoms with van der Waals surface area (Å²) in [6.45, 7) is 10.9. The molecule has 8 nitrogen and oxygen atoms in total. The van der Waals surface area contributed by atoms with Crippen LogP contribution in [0.2, 0.25) is 0 Å². The van der Waals surface area contributed by atoms with Crippen molar-refractivity contribution >= 4 is 36.0 Å². The highest BCUT2D eigenvalue weighted by molar-refractivity contribution is 14.0. The van der Waals surface area contributed by atoms with E-state index in [0.29, 0.717) is 0 Å². The third-order valence-electron chi connectivity index (χ3n) is 4.03. The van der Waals surface area contributed by atoms with Gasteiger partial charge in [-0.1, -0.05) is 0 Å². The van der Waals surface area contributed by atoms with Crippen LogP contribution in [0.1, 0.15) is 39.2 Å². The van der Waals surface area contributed by atoms with Crippen LogP contribution in [-0.2, 0) is 11.3 Å². The lowest BCUT2D eigenvalue weighted by Crippen LogP contribution is -2.44. The Morgan fingerprint density at radius 3 is 2.78 bits per heavy atom. The van der Waals surface area contributed by atoms with Crippen molar-refractivity contribution in [1.82, 2.24) is 25.3 Å². The van der Waals surface area contributed by atoms with Crippen molar-refractivity contribution in [3.63, 3.8) is 0 Å². The molecule has 1 fully saturated rings. The SMILES string of the molecule is CN=C(NCCCn1cc(C)cn1)N1CCC(NC(=O)OC(C)(C)C)C1.I. The first kappa shape index (κ1) is 23.5. The van der Waals surface area contributed by atoms with E-state index in [-0.39, 0.29) is 36.1 Å². The van der Waals surface area contributed by atoms with Gasteiger partial charge in [0.1, 0.15) is 5.60 Å². The van der Waals surface area contributed by atoms with Gasteiger partial charge in [-0.25, -0.2) is 4.79 Å². The molecule has 2 N–H and O–H groups in total. The number of guanidine groups is 1. The first-order valence-corrected chi connectivity index (χ1v) is 9.21. The molecule has 0 bridgehead atoms. The van der Waals surface area contributed by atoms with Crippen LogP contribution in [0.3, 0.4) is 0 Å². The molecular weight excluding hydrogens is 459 g/mol. The van der Waals surface area contributed by atoms with Crippen LogP contribution in [0.15, 0.2) is 17.4 Å². The van der Waals surface area contributed by atoms with E-state index in [9.17, 15) is 4.79 Å². The Morgan fingerprint density at radius 2 is 2.19 bits per heavy atom. The Labute approximate surface area is 179 Å². The van der Waals surface area contributed by atoms with Gasteiger partial charge in [-0.15, -0.1) is 24.0 Å². The number of aliphatic imine (C=N–C) groups is 1. The summed E-state index contributed by atoms with van der Waals surface area (Å²) in [5.41, 5.74) is 0.696. The van der Waals surface area contributed by atoms with Crippen LogP contribution in [-0.4, -0.2) is 65.1 Å². The smallest absolute Gasteiger partial charge is 0.407 e.